The monoisotopic (exact) mass is 306 g/mol. The Bertz CT molecular complexity index is 480. The molecule has 116 valence electrons. The van der Waals surface area contributed by atoms with Crippen LogP contribution in [-0.2, 0) is 19.4 Å². The minimum absolute atomic E-state index is 0.0368. The summed E-state index contributed by atoms with van der Waals surface area (Å²) in [7, 11) is -3.09. The molecule has 2 saturated heterocycles. The van der Waals surface area contributed by atoms with Crippen LogP contribution in [0.5, 0.6) is 0 Å². The van der Waals surface area contributed by atoms with Crippen molar-refractivity contribution in [2.24, 2.45) is 11.1 Å². The number of hydrogen-bond donors (Lipinski definition) is 2. The summed E-state index contributed by atoms with van der Waals surface area (Å²) >= 11 is 0. The van der Waals surface area contributed by atoms with Gasteiger partial charge in [0.1, 0.15) is 0 Å². The zero-order valence-electron chi connectivity index (χ0n) is 11.6. The Morgan fingerprint density at radius 1 is 1.55 bits per heavy atom. The predicted octanol–water partition coefficient (Wildman–Crippen LogP) is -1.64. The van der Waals surface area contributed by atoms with Crippen molar-refractivity contribution in [2.45, 2.75) is 25.4 Å². The second kappa shape index (κ2) is 5.59. The third-order valence-corrected chi connectivity index (χ3v) is 6.01. The molecule has 2 aliphatic rings. The van der Waals surface area contributed by atoms with Gasteiger partial charge in [-0.25, -0.2) is 8.42 Å². The van der Waals surface area contributed by atoms with E-state index in [-0.39, 0.29) is 43.2 Å². The van der Waals surface area contributed by atoms with Gasteiger partial charge in [-0.1, -0.05) is 0 Å². The normalized spacial score (nSPS) is 36.1. The lowest BCUT2D eigenvalue weighted by molar-refractivity contribution is -0.144. The summed E-state index contributed by atoms with van der Waals surface area (Å²) in [5, 5.41) is 9.16. The molecule has 2 fully saturated rings. The first-order valence-electron chi connectivity index (χ1n) is 6.76. The van der Waals surface area contributed by atoms with Gasteiger partial charge in [0.2, 0.25) is 5.91 Å². The molecule has 0 aromatic heterocycles. The third-order valence-electron chi connectivity index (χ3n) is 4.26. The number of aliphatic hydroxyl groups is 1. The smallest absolute Gasteiger partial charge is 0.232 e. The average Bonchev–Trinajstić information content (AvgIpc) is 2.90. The Hall–Kier alpha value is -0.700. The Labute approximate surface area is 119 Å². The van der Waals surface area contributed by atoms with Crippen molar-refractivity contribution in [3.63, 3.8) is 0 Å². The highest BCUT2D eigenvalue weighted by Crippen LogP contribution is 2.31. The largest absolute Gasteiger partial charge is 0.395 e. The summed E-state index contributed by atoms with van der Waals surface area (Å²) in [4.78, 5) is 14.2. The van der Waals surface area contributed by atoms with Crippen molar-refractivity contribution >= 4 is 15.7 Å². The molecular formula is C12H22N2O5S. The molecule has 7 nitrogen and oxygen atoms in total. The summed E-state index contributed by atoms with van der Waals surface area (Å²) in [5.41, 5.74) is 5.10. The molecule has 0 aromatic rings. The highest BCUT2D eigenvalue weighted by Gasteiger charge is 2.48. The van der Waals surface area contributed by atoms with Crippen LogP contribution in [0.3, 0.4) is 0 Å². The Balaban J connectivity index is 2.18. The highest BCUT2D eigenvalue weighted by atomic mass is 32.2. The van der Waals surface area contributed by atoms with Crippen LogP contribution in [-0.4, -0.2) is 74.3 Å². The molecule has 8 heteroatoms. The van der Waals surface area contributed by atoms with Crippen molar-refractivity contribution in [3.8, 4) is 0 Å². The van der Waals surface area contributed by atoms with Crippen LogP contribution >= 0.6 is 0 Å². The van der Waals surface area contributed by atoms with Gasteiger partial charge in [-0.05, 0) is 13.3 Å². The van der Waals surface area contributed by atoms with Gasteiger partial charge in [0.15, 0.2) is 9.84 Å². The van der Waals surface area contributed by atoms with E-state index in [9.17, 15) is 13.2 Å². The summed E-state index contributed by atoms with van der Waals surface area (Å²) in [5.74, 6) is -0.171. The average molecular weight is 306 g/mol. The first-order chi connectivity index (χ1) is 9.30. The fourth-order valence-corrected chi connectivity index (χ4v) is 4.55. The summed E-state index contributed by atoms with van der Waals surface area (Å²) in [6.07, 6.45) is 0.417. The van der Waals surface area contributed by atoms with Crippen LogP contribution < -0.4 is 5.73 Å². The quantitative estimate of drug-likeness (QED) is 0.644. The molecule has 1 amide bonds. The maximum absolute atomic E-state index is 12.7. The van der Waals surface area contributed by atoms with Gasteiger partial charge in [-0.15, -0.1) is 0 Å². The molecule has 3 N–H and O–H groups in total. The SMILES string of the molecule is CC1(C(=O)N(CCO)C2CCS(=O)(=O)C2)COCC1N. The van der Waals surface area contributed by atoms with E-state index < -0.39 is 21.3 Å². The molecule has 0 aromatic carbocycles. The Kier molecular flexibility index (Phi) is 4.38. The van der Waals surface area contributed by atoms with E-state index in [1.807, 2.05) is 0 Å². The summed E-state index contributed by atoms with van der Waals surface area (Å²) in [6, 6.07) is -0.779. The van der Waals surface area contributed by atoms with Gasteiger partial charge in [-0.3, -0.25) is 4.79 Å². The molecule has 3 unspecified atom stereocenters. The molecular weight excluding hydrogens is 284 g/mol. The van der Waals surface area contributed by atoms with E-state index in [2.05, 4.69) is 0 Å². The minimum Gasteiger partial charge on any atom is -0.395 e. The third kappa shape index (κ3) is 2.83. The van der Waals surface area contributed by atoms with Gasteiger partial charge < -0.3 is 20.5 Å². The van der Waals surface area contributed by atoms with Crippen LogP contribution in [0.25, 0.3) is 0 Å². The Morgan fingerprint density at radius 2 is 2.25 bits per heavy atom. The molecule has 2 aliphatic heterocycles. The predicted molar refractivity (Wildman–Crippen MR) is 72.8 cm³/mol. The van der Waals surface area contributed by atoms with Crippen LogP contribution in [0, 0.1) is 5.41 Å². The second-order valence-corrected chi connectivity index (χ2v) is 8.05. The minimum atomic E-state index is -3.09. The van der Waals surface area contributed by atoms with Crippen molar-refractivity contribution in [1.82, 2.24) is 4.90 Å². The molecule has 2 heterocycles. The number of nitrogens with zero attached hydrogens (tertiary/aromatic N) is 1. The molecule has 0 bridgehead atoms. The molecule has 0 spiro atoms. The van der Waals surface area contributed by atoms with Crippen LogP contribution in [0.2, 0.25) is 0 Å². The number of rotatable bonds is 4. The lowest BCUT2D eigenvalue weighted by Crippen LogP contribution is -2.55. The number of ether oxygens (including phenoxy) is 1. The van der Waals surface area contributed by atoms with Gasteiger partial charge >= 0.3 is 0 Å². The Morgan fingerprint density at radius 3 is 2.70 bits per heavy atom. The van der Waals surface area contributed by atoms with Crippen molar-refractivity contribution in [2.75, 3.05) is 37.9 Å². The number of carbonyl (C=O) groups excluding carboxylic acids is 1. The lowest BCUT2D eigenvalue weighted by Gasteiger charge is -2.36. The number of hydrogen-bond acceptors (Lipinski definition) is 6. The zero-order chi connectivity index (χ0) is 15.0. The molecule has 0 aliphatic carbocycles. The first kappa shape index (κ1) is 15.7. The maximum Gasteiger partial charge on any atom is 0.232 e. The van der Waals surface area contributed by atoms with Crippen molar-refractivity contribution in [1.29, 1.82) is 0 Å². The molecule has 20 heavy (non-hydrogen) atoms. The fourth-order valence-electron chi connectivity index (χ4n) is 2.82. The van der Waals surface area contributed by atoms with Gasteiger partial charge in [0.05, 0.1) is 36.7 Å². The van der Waals surface area contributed by atoms with Gasteiger partial charge in [-0.2, -0.15) is 0 Å². The summed E-state index contributed by atoms with van der Waals surface area (Å²) < 4.78 is 28.4. The number of carbonyl (C=O) groups is 1. The second-order valence-electron chi connectivity index (χ2n) is 5.82. The number of aliphatic hydroxyl groups excluding tert-OH is 1. The van der Waals surface area contributed by atoms with Gasteiger partial charge in [0.25, 0.3) is 0 Å². The molecule has 0 saturated carbocycles. The van der Waals surface area contributed by atoms with E-state index >= 15 is 0 Å². The van der Waals surface area contributed by atoms with Crippen LogP contribution in [0.1, 0.15) is 13.3 Å². The summed E-state index contributed by atoms with van der Waals surface area (Å²) in [6.45, 7) is 2.21. The maximum atomic E-state index is 12.7. The molecule has 3 atom stereocenters. The number of nitrogens with two attached hydrogens (primary N) is 1. The van der Waals surface area contributed by atoms with Crippen LogP contribution in [0.15, 0.2) is 0 Å². The topological polar surface area (TPSA) is 110 Å². The zero-order valence-corrected chi connectivity index (χ0v) is 12.4. The van der Waals surface area contributed by atoms with E-state index in [1.165, 1.54) is 4.90 Å². The van der Waals surface area contributed by atoms with E-state index in [1.54, 1.807) is 6.92 Å². The first-order valence-corrected chi connectivity index (χ1v) is 8.58. The van der Waals surface area contributed by atoms with Crippen molar-refractivity contribution in [3.05, 3.63) is 0 Å². The number of amides is 1. The van der Waals surface area contributed by atoms with Crippen molar-refractivity contribution < 1.29 is 23.1 Å². The molecule has 0 radical (unpaired) electrons. The van der Waals surface area contributed by atoms with Crippen LogP contribution in [0.4, 0.5) is 0 Å². The van der Waals surface area contributed by atoms with E-state index in [0.717, 1.165) is 0 Å². The lowest BCUT2D eigenvalue weighted by atomic mass is 9.83. The van der Waals surface area contributed by atoms with E-state index in [4.69, 9.17) is 15.6 Å². The molecule has 2 rings (SSSR count). The number of sulfone groups is 1. The van der Waals surface area contributed by atoms with E-state index in [0.29, 0.717) is 13.0 Å². The standard InChI is InChI=1S/C12H22N2O5S/c1-12(8-19-6-10(12)13)11(16)14(3-4-15)9-2-5-20(17,18)7-9/h9-10,15H,2-8,13H2,1H3. The highest BCUT2D eigenvalue weighted by molar-refractivity contribution is 7.91. The fraction of sp³-hybridized carbons (Fsp3) is 0.917. The van der Waals surface area contributed by atoms with Gasteiger partial charge in [0, 0.05) is 18.6 Å².